The smallest absolute Gasteiger partial charge is 0.218 e. The number of rotatable bonds is 3. The lowest BCUT2D eigenvalue weighted by atomic mass is 10.1. The lowest BCUT2D eigenvalue weighted by Gasteiger charge is -1.95. The second-order valence-corrected chi connectivity index (χ2v) is 3.29. The standard InChI is InChI=1S/C11H17O/c1-4-5-6-11-7-9(2)12-10(3)8-11/h7-8H,4-6H2,1-3H3/q+1. The molecule has 0 radical (unpaired) electrons. The van der Waals surface area contributed by atoms with Gasteiger partial charge in [0.1, 0.15) is 0 Å². The fraction of sp³-hybridized carbons (Fsp3) is 0.545. The van der Waals surface area contributed by atoms with Gasteiger partial charge in [0.15, 0.2) is 0 Å². The van der Waals surface area contributed by atoms with E-state index in [1.54, 1.807) is 0 Å². The van der Waals surface area contributed by atoms with Crippen LogP contribution in [0.1, 0.15) is 36.8 Å². The van der Waals surface area contributed by atoms with Gasteiger partial charge in [-0.1, -0.05) is 13.3 Å². The molecular formula is C11H17O+. The maximum Gasteiger partial charge on any atom is 0.326 e. The molecule has 1 aromatic rings. The molecule has 0 aliphatic carbocycles. The minimum absolute atomic E-state index is 1.01. The zero-order valence-electron chi connectivity index (χ0n) is 8.18. The van der Waals surface area contributed by atoms with Gasteiger partial charge < -0.3 is 0 Å². The lowest BCUT2D eigenvalue weighted by Crippen LogP contribution is -1.87. The predicted octanol–water partition coefficient (Wildman–Crippen LogP) is 3.52. The minimum Gasteiger partial charge on any atom is -0.218 e. The van der Waals surface area contributed by atoms with Crippen molar-refractivity contribution >= 4 is 0 Å². The summed E-state index contributed by atoms with van der Waals surface area (Å²) in [5, 5.41) is 0. The molecule has 0 spiro atoms. The average molecular weight is 165 g/mol. The molecule has 0 N–H and O–H groups in total. The minimum atomic E-state index is 1.01. The Labute approximate surface area is 74.4 Å². The molecule has 0 unspecified atom stereocenters. The fourth-order valence-corrected chi connectivity index (χ4v) is 1.40. The molecule has 1 aromatic heterocycles. The average Bonchev–Trinajstić information content (AvgIpc) is 1.99. The van der Waals surface area contributed by atoms with Crippen LogP contribution < -0.4 is 0 Å². The van der Waals surface area contributed by atoms with Gasteiger partial charge in [0.05, 0.1) is 13.8 Å². The van der Waals surface area contributed by atoms with Crippen molar-refractivity contribution in [2.24, 2.45) is 0 Å². The number of unbranched alkanes of at least 4 members (excludes halogenated alkanes) is 1. The van der Waals surface area contributed by atoms with E-state index in [1.165, 1.54) is 24.8 Å². The number of hydrogen-bond donors (Lipinski definition) is 0. The summed E-state index contributed by atoms with van der Waals surface area (Å²) in [6, 6.07) is 4.26. The molecule has 0 saturated heterocycles. The summed E-state index contributed by atoms with van der Waals surface area (Å²) in [5.74, 6) is 2.03. The van der Waals surface area contributed by atoms with Gasteiger partial charge in [-0.2, -0.15) is 0 Å². The summed E-state index contributed by atoms with van der Waals surface area (Å²) in [5.41, 5.74) is 1.40. The van der Waals surface area contributed by atoms with Crippen LogP contribution in [0.15, 0.2) is 16.5 Å². The van der Waals surface area contributed by atoms with E-state index in [9.17, 15) is 0 Å². The molecule has 0 aromatic carbocycles. The van der Waals surface area contributed by atoms with Crippen LogP contribution in [0.4, 0.5) is 0 Å². The third-order valence-electron chi connectivity index (χ3n) is 1.92. The Bertz CT molecular complexity index is 233. The topological polar surface area (TPSA) is 11.3 Å². The Morgan fingerprint density at radius 3 is 2.25 bits per heavy atom. The Kier molecular flexibility index (Phi) is 3.27. The quantitative estimate of drug-likeness (QED) is 0.624. The van der Waals surface area contributed by atoms with Crippen molar-refractivity contribution < 1.29 is 4.42 Å². The highest BCUT2D eigenvalue weighted by atomic mass is 16.3. The molecule has 1 heteroatoms. The zero-order valence-corrected chi connectivity index (χ0v) is 8.18. The molecule has 0 aliphatic heterocycles. The highest BCUT2D eigenvalue weighted by Crippen LogP contribution is 2.11. The molecule has 1 nitrogen and oxygen atoms in total. The molecule has 1 heterocycles. The molecule has 1 rings (SSSR count). The molecule has 66 valence electrons. The van der Waals surface area contributed by atoms with E-state index in [0.29, 0.717) is 0 Å². The van der Waals surface area contributed by atoms with Gasteiger partial charge in [-0.15, -0.1) is 0 Å². The van der Waals surface area contributed by atoms with E-state index in [-0.39, 0.29) is 0 Å². The summed E-state index contributed by atoms with van der Waals surface area (Å²) < 4.78 is 5.40. The zero-order chi connectivity index (χ0) is 8.97. The summed E-state index contributed by atoms with van der Waals surface area (Å²) in [6.45, 7) is 6.22. The van der Waals surface area contributed by atoms with Gasteiger partial charge in [0.2, 0.25) is 0 Å². The first kappa shape index (κ1) is 9.24. The van der Waals surface area contributed by atoms with Crippen LogP contribution in [0.3, 0.4) is 0 Å². The molecule has 0 bridgehead atoms. The van der Waals surface area contributed by atoms with Gasteiger partial charge in [0, 0.05) is 12.1 Å². The fourth-order valence-electron chi connectivity index (χ4n) is 1.40. The van der Waals surface area contributed by atoms with Crippen molar-refractivity contribution in [1.29, 1.82) is 0 Å². The maximum absolute atomic E-state index is 5.40. The Balaban J connectivity index is 2.72. The Morgan fingerprint density at radius 1 is 1.17 bits per heavy atom. The molecular weight excluding hydrogens is 148 g/mol. The van der Waals surface area contributed by atoms with E-state index in [0.717, 1.165) is 11.5 Å². The lowest BCUT2D eigenvalue weighted by molar-refractivity contribution is 0.483. The number of hydrogen-bond acceptors (Lipinski definition) is 0. The van der Waals surface area contributed by atoms with Gasteiger partial charge in [-0.3, -0.25) is 0 Å². The summed E-state index contributed by atoms with van der Waals surface area (Å²) in [6.07, 6.45) is 3.70. The van der Waals surface area contributed by atoms with Crippen molar-refractivity contribution in [2.75, 3.05) is 0 Å². The summed E-state index contributed by atoms with van der Waals surface area (Å²) in [7, 11) is 0. The first-order valence-corrected chi connectivity index (χ1v) is 4.62. The first-order valence-electron chi connectivity index (χ1n) is 4.62. The third kappa shape index (κ3) is 2.65. The Morgan fingerprint density at radius 2 is 1.75 bits per heavy atom. The highest BCUT2D eigenvalue weighted by Gasteiger charge is 2.06. The molecule has 0 amide bonds. The predicted molar refractivity (Wildman–Crippen MR) is 51.2 cm³/mol. The van der Waals surface area contributed by atoms with Crippen LogP contribution in [0.2, 0.25) is 0 Å². The van der Waals surface area contributed by atoms with E-state index in [2.05, 4.69) is 19.1 Å². The van der Waals surface area contributed by atoms with E-state index in [1.807, 2.05) is 13.8 Å². The van der Waals surface area contributed by atoms with Crippen molar-refractivity contribution in [1.82, 2.24) is 0 Å². The first-order chi connectivity index (χ1) is 5.72. The van der Waals surface area contributed by atoms with Crippen molar-refractivity contribution in [3.8, 4) is 0 Å². The normalized spacial score (nSPS) is 10.2. The van der Waals surface area contributed by atoms with Gasteiger partial charge >= 0.3 is 11.5 Å². The van der Waals surface area contributed by atoms with E-state index < -0.39 is 0 Å². The van der Waals surface area contributed by atoms with Crippen molar-refractivity contribution in [3.63, 3.8) is 0 Å². The van der Waals surface area contributed by atoms with Crippen molar-refractivity contribution in [2.45, 2.75) is 40.0 Å². The van der Waals surface area contributed by atoms with Crippen LogP contribution in [-0.2, 0) is 6.42 Å². The van der Waals surface area contributed by atoms with E-state index >= 15 is 0 Å². The van der Waals surface area contributed by atoms with E-state index in [4.69, 9.17) is 4.42 Å². The van der Waals surface area contributed by atoms with Crippen LogP contribution >= 0.6 is 0 Å². The summed E-state index contributed by atoms with van der Waals surface area (Å²) >= 11 is 0. The monoisotopic (exact) mass is 165 g/mol. The van der Waals surface area contributed by atoms with Gasteiger partial charge in [0.25, 0.3) is 0 Å². The number of aryl methyl sites for hydroxylation is 3. The SMILES string of the molecule is CCCCc1cc(C)[o+]c(C)c1. The second-order valence-electron chi connectivity index (χ2n) is 3.29. The maximum atomic E-state index is 5.40. The van der Waals surface area contributed by atoms with Gasteiger partial charge in [-0.05, 0) is 18.4 Å². The summed E-state index contributed by atoms with van der Waals surface area (Å²) in [4.78, 5) is 0. The van der Waals surface area contributed by atoms with Crippen LogP contribution in [-0.4, -0.2) is 0 Å². The van der Waals surface area contributed by atoms with Crippen LogP contribution in [0, 0.1) is 13.8 Å². The van der Waals surface area contributed by atoms with Crippen LogP contribution in [0.25, 0.3) is 0 Å². The molecule has 0 fully saturated rings. The second kappa shape index (κ2) is 4.24. The van der Waals surface area contributed by atoms with Crippen molar-refractivity contribution in [3.05, 3.63) is 29.2 Å². The van der Waals surface area contributed by atoms with Crippen LogP contribution in [0.5, 0.6) is 0 Å². The molecule has 0 aliphatic rings. The van der Waals surface area contributed by atoms with Gasteiger partial charge in [-0.25, -0.2) is 4.42 Å². The Hall–Kier alpha value is -0.850. The highest BCUT2D eigenvalue weighted by molar-refractivity contribution is 5.17. The third-order valence-corrected chi connectivity index (χ3v) is 1.92. The molecule has 12 heavy (non-hydrogen) atoms. The largest absolute Gasteiger partial charge is 0.326 e. The molecule has 0 atom stereocenters. The molecule has 0 saturated carbocycles.